The number of hydrogen-bond acceptors (Lipinski definition) is 3. The monoisotopic (exact) mass is 295 g/mol. The van der Waals surface area contributed by atoms with Gasteiger partial charge in [0, 0.05) is 23.6 Å². The molecule has 5 nitrogen and oxygen atoms in total. The average molecular weight is 295 g/mol. The van der Waals surface area contributed by atoms with Crippen LogP contribution in [0.5, 0.6) is 0 Å². The van der Waals surface area contributed by atoms with Crippen molar-refractivity contribution in [3.05, 3.63) is 35.5 Å². The van der Waals surface area contributed by atoms with E-state index in [1.165, 1.54) is 7.05 Å². The smallest absolute Gasteiger partial charge is 0.215 e. The van der Waals surface area contributed by atoms with Gasteiger partial charge in [0.05, 0.1) is 5.75 Å². The third kappa shape index (κ3) is 3.39. The maximum absolute atomic E-state index is 11.8. The largest absolute Gasteiger partial charge is 0.361 e. The Hall–Kier alpha value is -1.37. The van der Waals surface area contributed by atoms with Gasteiger partial charge in [0.1, 0.15) is 0 Å². The van der Waals surface area contributed by atoms with Gasteiger partial charge in [-0.2, -0.15) is 0 Å². The topological polar surface area (TPSA) is 65.2 Å². The van der Waals surface area contributed by atoms with E-state index in [-0.39, 0.29) is 5.75 Å². The number of nitrogens with zero attached hydrogens (tertiary/aromatic N) is 1. The summed E-state index contributed by atoms with van der Waals surface area (Å²) >= 11 is 0. The lowest BCUT2D eigenvalue weighted by Gasteiger charge is -2.10. The van der Waals surface area contributed by atoms with E-state index in [9.17, 15) is 8.42 Å². The van der Waals surface area contributed by atoms with Crippen molar-refractivity contribution in [2.45, 2.75) is 12.2 Å². The summed E-state index contributed by atoms with van der Waals surface area (Å²) in [6, 6.07) is 5.74. The van der Waals surface area contributed by atoms with Gasteiger partial charge >= 0.3 is 0 Å². The molecular formula is C14H21N3O2S. The molecule has 2 aromatic rings. The Morgan fingerprint density at radius 2 is 2.00 bits per heavy atom. The molecule has 110 valence electrons. The van der Waals surface area contributed by atoms with E-state index in [4.69, 9.17) is 0 Å². The van der Waals surface area contributed by atoms with Crippen molar-refractivity contribution in [3.63, 3.8) is 0 Å². The minimum Gasteiger partial charge on any atom is -0.361 e. The van der Waals surface area contributed by atoms with Crippen molar-refractivity contribution >= 4 is 20.9 Å². The number of likely N-dealkylation sites (N-methyl/N-ethyl adjacent to an activating group) is 1. The molecule has 20 heavy (non-hydrogen) atoms. The van der Waals surface area contributed by atoms with E-state index >= 15 is 0 Å². The number of hydrogen-bond donors (Lipinski definition) is 2. The minimum absolute atomic E-state index is 0.00760. The molecule has 1 aromatic carbocycles. The number of rotatable bonds is 6. The van der Waals surface area contributed by atoms with E-state index in [0.717, 1.165) is 35.0 Å². The molecule has 2 N–H and O–H groups in total. The van der Waals surface area contributed by atoms with Gasteiger partial charge in [0.25, 0.3) is 0 Å². The number of H-pyrrole nitrogens is 1. The zero-order valence-corrected chi connectivity index (χ0v) is 12.9. The number of benzene rings is 1. The van der Waals surface area contributed by atoms with Gasteiger partial charge in [-0.15, -0.1) is 0 Å². The summed E-state index contributed by atoms with van der Waals surface area (Å²) in [5.74, 6) is 0.00760. The normalized spacial score (nSPS) is 12.4. The number of aromatic nitrogens is 1. The lowest BCUT2D eigenvalue weighted by Crippen LogP contribution is -2.20. The Labute approximate surface area is 120 Å². The van der Waals surface area contributed by atoms with Crippen LogP contribution in [0.1, 0.15) is 11.1 Å². The molecular weight excluding hydrogens is 274 g/mol. The molecule has 0 saturated heterocycles. The van der Waals surface area contributed by atoms with E-state index in [2.05, 4.69) is 14.6 Å². The van der Waals surface area contributed by atoms with Gasteiger partial charge in [-0.25, -0.2) is 13.1 Å². The standard InChI is InChI=1S/C14H21N3O2S/c1-15-20(18,19)10-12-5-4-6-13-14(12)11(9-16-13)7-8-17(2)3/h4-6,9,15-16H,7-8,10H2,1-3H3. The van der Waals surface area contributed by atoms with Crippen molar-refractivity contribution in [1.29, 1.82) is 0 Å². The summed E-state index contributed by atoms with van der Waals surface area (Å²) in [6.45, 7) is 0.931. The number of fused-ring (bicyclic) bond motifs is 1. The molecule has 1 aromatic heterocycles. The van der Waals surface area contributed by atoms with Crippen LogP contribution in [-0.2, 0) is 22.2 Å². The quantitative estimate of drug-likeness (QED) is 0.845. The molecule has 0 aliphatic heterocycles. The number of sulfonamides is 1. The van der Waals surface area contributed by atoms with Crippen LogP contribution in [0.15, 0.2) is 24.4 Å². The minimum atomic E-state index is -3.26. The van der Waals surface area contributed by atoms with Crippen LogP contribution in [0.25, 0.3) is 10.9 Å². The molecule has 6 heteroatoms. The zero-order chi connectivity index (χ0) is 14.8. The first kappa shape index (κ1) is 15.0. The summed E-state index contributed by atoms with van der Waals surface area (Å²) in [5.41, 5.74) is 2.99. The molecule has 0 fully saturated rings. The molecule has 1 heterocycles. The summed E-state index contributed by atoms with van der Waals surface area (Å²) in [7, 11) is 2.24. The lowest BCUT2D eigenvalue weighted by molar-refractivity contribution is 0.414. The van der Waals surface area contributed by atoms with Crippen LogP contribution in [0.4, 0.5) is 0 Å². The van der Waals surface area contributed by atoms with Gasteiger partial charge in [-0.1, -0.05) is 12.1 Å². The summed E-state index contributed by atoms with van der Waals surface area (Å²) in [6.07, 6.45) is 2.87. The fourth-order valence-electron chi connectivity index (χ4n) is 2.28. The Morgan fingerprint density at radius 1 is 1.25 bits per heavy atom. The van der Waals surface area contributed by atoms with Crippen LogP contribution >= 0.6 is 0 Å². The predicted molar refractivity (Wildman–Crippen MR) is 82.2 cm³/mol. The highest BCUT2D eigenvalue weighted by Crippen LogP contribution is 2.24. The first-order valence-corrected chi connectivity index (χ1v) is 8.22. The molecule has 0 bridgehead atoms. The molecule has 0 aliphatic rings. The Morgan fingerprint density at radius 3 is 2.65 bits per heavy atom. The van der Waals surface area contributed by atoms with E-state index in [1.807, 2.05) is 38.5 Å². The lowest BCUT2D eigenvalue weighted by atomic mass is 10.1. The number of aromatic amines is 1. The van der Waals surface area contributed by atoms with Crippen LogP contribution in [0.3, 0.4) is 0 Å². The van der Waals surface area contributed by atoms with Gasteiger partial charge in [0.15, 0.2) is 0 Å². The fraction of sp³-hybridized carbons (Fsp3) is 0.429. The molecule has 0 spiro atoms. The van der Waals surface area contributed by atoms with Crippen molar-refractivity contribution in [3.8, 4) is 0 Å². The molecule has 0 atom stereocenters. The summed E-state index contributed by atoms with van der Waals surface area (Å²) in [4.78, 5) is 5.34. The maximum atomic E-state index is 11.8. The average Bonchev–Trinajstić information content (AvgIpc) is 2.80. The predicted octanol–water partition coefficient (Wildman–Crippen LogP) is 1.32. The third-order valence-electron chi connectivity index (χ3n) is 3.36. The molecule has 0 radical (unpaired) electrons. The van der Waals surface area contributed by atoms with Gasteiger partial charge in [-0.3, -0.25) is 0 Å². The fourth-order valence-corrected chi connectivity index (χ4v) is 3.07. The number of nitrogens with one attached hydrogen (secondary N) is 2. The highest BCUT2D eigenvalue weighted by Gasteiger charge is 2.14. The molecule has 0 saturated carbocycles. The van der Waals surface area contributed by atoms with Crippen molar-refractivity contribution < 1.29 is 8.42 Å². The van der Waals surface area contributed by atoms with E-state index < -0.39 is 10.0 Å². The van der Waals surface area contributed by atoms with Crippen LogP contribution in [-0.4, -0.2) is 46.0 Å². The Kier molecular flexibility index (Phi) is 4.47. The summed E-state index contributed by atoms with van der Waals surface area (Å²) < 4.78 is 25.9. The van der Waals surface area contributed by atoms with Gasteiger partial charge < -0.3 is 9.88 Å². The van der Waals surface area contributed by atoms with E-state index in [1.54, 1.807) is 0 Å². The maximum Gasteiger partial charge on any atom is 0.215 e. The second kappa shape index (κ2) is 5.95. The molecule has 0 unspecified atom stereocenters. The summed E-state index contributed by atoms with van der Waals surface area (Å²) in [5, 5.41) is 1.04. The highest BCUT2D eigenvalue weighted by atomic mass is 32.2. The molecule has 0 aliphatic carbocycles. The van der Waals surface area contributed by atoms with Crippen LogP contribution in [0.2, 0.25) is 0 Å². The second-order valence-electron chi connectivity index (χ2n) is 5.17. The first-order chi connectivity index (χ1) is 9.43. The Bertz CT molecular complexity index is 690. The third-order valence-corrected chi connectivity index (χ3v) is 4.67. The SMILES string of the molecule is CNS(=O)(=O)Cc1cccc2[nH]cc(CCN(C)C)c12. The van der Waals surface area contributed by atoms with Crippen LogP contribution < -0.4 is 4.72 Å². The van der Waals surface area contributed by atoms with Crippen molar-refractivity contribution in [2.75, 3.05) is 27.7 Å². The van der Waals surface area contributed by atoms with Gasteiger partial charge in [0.2, 0.25) is 10.0 Å². The molecule has 2 rings (SSSR count). The first-order valence-electron chi connectivity index (χ1n) is 6.57. The van der Waals surface area contributed by atoms with E-state index in [0.29, 0.717) is 0 Å². The zero-order valence-electron chi connectivity index (χ0n) is 12.1. The highest BCUT2D eigenvalue weighted by molar-refractivity contribution is 7.88. The van der Waals surface area contributed by atoms with Gasteiger partial charge in [-0.05, 0) is 44.8 Å². The van der Waals surface area contributed by atoms with Crippen LogP contribution in [0, 0.1) is 0 Å². The molecule has 0 amide bonds. The second-order valence-corrected chi connectivity index (χ2v) is 7.10. The van der Waals surface area contributed by atoms with Crippen molar-refractivity contribution in [1.82, 2.24) is 14.6 Å². The van der Waals surface area contributed by atoms with Crippen molar-refractivity contribution in [2.24, 2.45) is 0 Å². The Balaban J connectivity index is 2.41.